The Kier molecular flexibility index (Phi) is 2.78. The first-order chi connectivity index (χ1) is 6.27. The molecule has 0 N–H and O–H groups in total. The van der Waals surface area contributed by atoms with Crippen LogP contribution in [0.1, 0.15) is 11.1 Å². The summed E-state index contributed by atoms with van der Waals surface area (Å²) >= 11 is 0. The van der Waals surface area contributed by atoms with E-state index >= 15 is 0 Å². The number of nitriles is 2. The van der Waals surface area contributed by atoms with E-state index in [4.69, 9.17) is 10.5 Å². The molecule has 13 heavy (non-hydrogen) atoms. The third-order valence-electron chi connectivity index (χ3n) is 1.46. The number of benzene rings is 1. The van der Waals surface area contributed by atoms with Gasteiger partial charge in [0.1, 0.15) is 11.9 Å². The summed E-state index contributed by atoms with van der Waals surface area (Å²) in [7, 11) is 0. The maximum Gasteiger partial charge on any atom is 0.140 e. The number of halogens is 1. The van der Waals surface area contributed by atoms with Crippen molar-refractivity contribution in [3.05, 3.63) is 41.2 Å². The Morgan fingerprint density at radius 2 is 2.08 bits per heavy atom. The van der Waals surface area contributed by atoms with Crippen molar-refractivity contribution in [1.82, 2.24) is 0 Å². The van der Waals surface area contributed by atoms with Crippen molar-refractivity contribution in [2.24, 2.45) is 0 Å². The molecule has 0 amide bonds. The summed E-state index contributed by atoms with van der Waals surface area (Å²) in [5.41, 5.74) is 0.625. The molecule has 0 radical (unpaired) electrons. The van der Waals surface area contributed by atoms with Gasteiger partial charge in [-0.1, -0.05) is 6.07 Å². The fraction of sp³-hybridized carbons (Fsp3) is 0. The normalized spacial score (nSPS) is 9.46. The Balaban J connectivity index is 3.10. The van der Waals surface area contributed by atoms with Crippen LogP contribution in [0, 0.1) is 28.5 Å². The van der Waals surface area contributed by atoms with Gasteiger partial charge in [0.05, 0.1) is 11.6 Å². The average Bonchev–Trinajstić information content (AvgIpc) is 2.16. The van der Waals surface area contributed by atoms with E-state index in [0.717, 1.165) is 0 Å². The van der Waals surface area contributed by atoms with E-state index in [9.17, 15) is 4.39 Å². The van der Waals surface area contributed by atoms with Crippen molar-refractivity contribution in [3.63, 3.8) is 0 Å². The van der Waals surface area contributed by atoms with E-state index in [0.29, 0.717) is 5.56 Å². The highest BCUT2D eigenvalue weighted by Gasteiger charge is 1.99. The molecular formula is C10H5FN2. The van der Waals surface area contributed by atoms with Gasteiger partial charge in [-0.15, -0.1) is 0 Å². The molecule has 0 fully saturated rings. The van der Waals surface area contributed by atoms with Crippen molar-refractivity contribution in [3.8, 4) is 12.1 Å². The highest BCUT2D eigenvalue weighted by Crippen LogP contribution is 2.10. The molecule has 62 valence electrons. The summed E-state index contributed by atoms with van der Waals surface area (Å²) in [6.07, 6.45) is 2.79. The molecule has 0 saturated heterocycles. The van der Waals surface area contributed by atoms with Gasteiger partial charge in [0.2, 0.25) is 0 Å². The van der Waals surface area contributed by atoms with Gasteiger partial charge in [-0.25, -0.2) is 4.39 Å². The second-order valence-corrected chi connectivity index (χ2v) is 2.31. The fourth-order valence-corrected chi connectivity index (χ4v) is 0.866. The number of hydrogen-bond donors (Lipinski definition) is 0. The lowest BCUT2D eigenvalue weighted by atomic mass is 10.1. The molecule has 0 heterocycles. The van der Waals surface area contributed by atoms with E-state index in [2.05, 4.69) is 0 Å². The first kappa shape index (κ1) is 8.96. The summed E-state index contributed by atoms with van der Waals surface area (Å²) in [5, 5.41) is 16.7. The Bertz CT molecular complexity index is 422. The van der Waals surface area contributed by atoms with E-state index in [1.54, 1.807) is 6.07 Å². The standard InChI is InChI=1S/C10H5FN2/c11-10-4-3-8(2-1-5-12)6-9(10)7-13/h1-4,6H. The molecule has 1 aromatic carbocycles. The van der Waals surface area contributed by atoms with E-state index in [1.165, 1.54) is 30.4 Å². The Morgan fingerprint density at radius 1 is 1.31 bits per heavy atom. The van der Waals surface area contributed by atoms with Gasteiger partial charge in [-0.05, 0) is 23.8 Å². The highest BCUT2D eigenvalue weighted by molar-refractivity contribution is 5.54. The van der Waals surface area contributed by atoms with Gasteiger partial charge >= 0.3 is 0 Å². The number of allylic oxidation sites excluding steroid dienone is 1. The molecule has 2 nitrogen and oxygen atoms in total. The molecular weight excluding hydrogens is 167 g/mol. The first-order valence-electron chi connectivity index (χ1n) is 3.53. The lowest BCUT2D eigenvalue weighted by molar-refractivity contribution is 0.624. The fourth-order valence-electron chi connectivity index (χ4n) is 0.866. The zero-order valence-electron chi connectivity index (χ0n) is 6.66. The lowest BCUT2D eigenvalue weighted by Gasteiger charge is -1.94. The molecule has 0 spiro atoms. The Labute approximate surface area is 75.2 Å². The van der Waals surface area contributed by atoms with Crippen LogP contribution in [0.25, 0.3) is 6.08 Å². The molecule has 0 bridgehead atoms. The van der Waals surface area contributed by atoms with E-state index in [-0.39, 0.29) is 5.56 Å². The molecule has 3 heteroatoms. The number of hydrogen-bond acceptors (Lipinski definition) is 2. The minimum absolute atomic E-state index is 0.0138. The van der Waals surface area contributed by atoms with Crippen LogP contribution in [0.4, 0.5) is 4.39 Å². The maximum absolute atomic E-state index is 12.8. The molecule has 0 unspecified atom stereocenters. The first-order valence-corrected chi connectivity index (χ1v) is 3.53. The third kappa shape index (κ3) is 2.15. The molecule has 0 aliphatic rings. The van der Waals surface area contributed by atoms with Crippen molar-refractivity contribution >= 4 is 6.08 Å². The molecule has 0 atom stereocenters. The van der Waals surface area contributed by atoms with Gasteiger partial charge in [0, 0.05) is 6.08 Å². The molecule has 0 aromatic heterocycles. The highest BCUT2D eigenvalue weighted by atomic mass is 19.1. The topological polar surface area (TPSA) is 47.6 Å². The van der Waals surface area contributed by atoms with Crippen LogP contribution in [0.3, 0.4) is 0 Å². The zero-order chi connectivity index (χ0) is 9.68. The molecule has 1 aromatic rings. The quantitative estimate of drug-likeness (QED) is 0.610. The second-order valence-electron chi connectivity index (χ2n) is 2.31. The number of nitrogens with zero attached hydrogens (tertiary/aromatic N) is 2. The Morgan fingerprint density at radius 3 is 2.69 bits per heavy atom. The van der Waals surface area contributed by atoms with Crippen LogP contribution >= 0.6 is 0 Å². The molecule has 0 saturated carbocycles. The van der Waals surface area contributed by atoms with Crippen LogP contribution in [0.5, 0.6) is 0 Å². The van der Waals surface area contributed by atoms with Gasteiger partial charge in [0.15, 0.2) is 0 Å². The van der Waals surface area contributed by atoms with Crippen LogP contribution < -0.4 is 0 Å². The summed E-state index contributed by atoms with van der Waals surface area (Å²) < 4.78 is 12.8. The largest absolute Gasteiger partial charge is 0.206 e. The van der Waals surface area contributed by atoms with Crippen molar-refractivity contribution < 1.29 is 4.39 Å². The van der Waals surface area contributed by atoms with Crippen LogP contribution in [0.15, 0.2) is 24.3 Å². The summed E-state index contributed by atoms with van der Waals surface area (Å²) in [4.78, 5) is 0. The number of rotatable bonds is 1. The lowest BCUT2D eigenvalue weighted by Crippen LogP contribution is -1.83. The van der Waals surface area contributed by atoms with Crippen molar-refractivity contribution in [1.29, 1.82) is 10.5 Å². The monoisotopic (exact) mass is 172 g/mol. The van der Waals surface area contributed by atoms with Crippen molar-refractivity contribution in [2.75, 3.05) is 0 Å². The summed E-state index contributed by atoms with van der Waals surface area (Å²) in [6, 6.07) is 7.63. The zero-order valence-corrected chi connectivity index (χ0v) is 6.66. The van der Waals surface area contributed by atoms with Gasteiger partial charge in [0.25, 0.3) is 0 Å². The van der Waals surface area contributed by atoms with Crippen LogP contribution in [0.2, 0.25) is 0 Å². The van der Waals surface area contributed by atoms with E-state index in [1.807, 2.05) is 6.07 Å². The predicted molar refractivity (Wildman–Crippen MR) is 45.8 cm³/mol. The maximum atomic E-state index is 12.8. The minimum Gasteiger partial charge on any atom is -0.206 e. The molecule has 0 aliphatic heterocycles. The van der Waals surface area contributed by atoms with Crippen molar-refractivity contribution in [2.45, 2.75) is 0 Å². The summed E-state index contributed by atoms with van der Waals surface area (Å²) in [6.45, 7) is 0. The Hall–Kier alpha value is -2.13. The smallest absolute Gasteiger partial charge is 0.140 e. The molecule has 0 aliphatic carbocycles. The second kappa shape index (κ2) is 4.04. The van der Waals surface area contributed by atoms with Crippen LogP contribution in [-0.4, -0.2) is 0 Å². The van der Waals surface area contributed by atoms with Gasteiger partial charge < -0.3 is 0 Å². The third-order valence-corrected chi connectivity index (χ3v) is 1.46. The minimum atomic E-state index is -0.545. The van der Waals surface area contributed by atoms with E-state index < -0.39 is 5.82 Å². The summed E-state index contributed by atoms with van der Waals surface area (Å²) in [5.74, 6) is -0.545. The SMILES string of the molecule is N#CC=Cc1ccc(F)c(C#N)c1. The van der Waals surface area contributed by atoms with Gasteiger partial charge in [-0.3, -0.25) is 0 Å². The predicted octanol–water partition coefficient (Wildman–Crippen LogP) is 2.23. The average molecular weight is 172 g/mol. The van der Waals surface area contributed by atoms with Crippen LogP contribution in [-0.2, 0) is 0 Å². The van der Waals surface area contributed by atoms with Gasteiger partial charge in [-0.2, -0.15) is 10.5 Å². The molecule has 1 rings (SSSR count).